The fourth-order valence-electron chi connectivity index (χ4n) is 2.95. The topological polar surface area (TPSA) is 41.2 Å². The fraction of sp³-hybridized carbons (Fsp3) is 0.278. The van der Waals surface area contributed by atoms with Gasteiger partial charge in [-0.1, -0.05) is 23.7 Å². The SMILES string of the molecule is Clc1ccc(C2CN(Cc3ccc(-c4ccn[nH]4)s3)CCO2)cc1. The first kappa shape index (κ1) is 15.8. The number of ether oxygens (including phenoxy) is 1. The average molecular weight is 360 g/mol. The number of nitrogens with zero attached hydrogens (tertiary/aromatic N) is 2. The Morgan fingerprint density at radius 3 is 2.88 bits per heavy atom. The summed E-state index contributed by atoms with van der Waals surface area (Å²) in [7, 11) is 0. The van der Waals surface area contributed by atoms with Gasteiger partial charge in [-0.25, -0.2) is 0 Å². The Bertz CT molecular complexity index is 785. The molecule has 6 heteroatoms. The van der Waals surface area contributed by atoms with Crippen molar-refractivity contribution < 1.29 is 4.74 Å². The summed E-state index contributed by atoms with van der Waals surface area (Å²) in [6.45, 7) is 3.57. The smallest absolute Gasteiger partial charge is 0.0952 e. The molecule has 1 aliphatic heterocycles. The first-order valence-electron chi connectivity index (χ1n) is 7.96. The normalized spacial score (nSPS) is 18.8. The number of hydrogen-bond acceptors (Lipinski definition) is 4. The Balaban J connectivity index is 1.42. The summed E-state index contributed by atoms with van der Waals surface area (Å²) < 4.78 is 5.94. The maximum absolute atomic E-state index is 5.97. The monoisotopic (exact) mass is 359 g/mol. The molecule has 1 saturated heterocycles. The lowest BCUT2D eigenvalue weighted by Gasteiger charge is -2.32. The third kappa shape index (κ3) is 3.54. The third-order valence-electron chi connectivity index (χ3n) is 4.20. The summed E-state index contributed by atoms with van der Waals surface area (Å²) in [6, 6.07) is 14.3. The van der Waals surface area contributed by atoms with E-state index in [1.54, 1.807) is 6.20 Å². The molecule has 0 spiro atoms. The summed E-state index contributed by atoms with van der Waals surface area (Å²) in [4.78, 5) is 5.03. The lowest BCUT2D eigenvalue weighted by Crippen LogP contribution is -2.37. The van der Waals surface area contributed by atoms with Gasteiger partial charge >= 0.3 is 0 Å². The van der Waals surface area contributed by atoms with E-state index in [-0.39, 0.29) is 6.10 Å². The second kappa shape index (κ2) is 7.07. The molecule has 1 unspecified atom stereocenters. The molecule has 3 aromatic rings. The van der Waals surface area contributed by atoms with Gasteiger partial charge < -0.3 is 4.74 Å². The number of rotatable bonds is 4. The van der Waals surface area contributed by atoms with Gasteiger partial charge in [0.2, 0.25) is 0 Å². The molecule has 2 aromatic heterocycles. The lowest BCUT2D eigenvalue weighted by molar-refractivity contribution is -0.0326. The van der Waals surface area contributed by atoms with Gasteiger partial charge in [0.25, 0.3) is 0 Å². The number of hydrogen-bond donors (Lipinski definition) is 1. The average Bonchev–Trinajstić information content (AvgIpc) is 3.27. The molecule has 4 nitrogen and oxygen atoms in total. The summed E-state index contributed by atoms with van der Waals surface area (Å²) >= 11 is 7.79. The number of nitrogens with one attached hydrogen (secondary N) is 1. The Kier molecular flexibility index (Phi) is 4.67. The van der Waals surface area contributed by atoms with Gasteiger partial charge in [0, 0.05) is 35.7 Å². The highest BCUT2D eigenvalue weighted by atomic mass is 35.5. The Morgan fingerprint density at radius 2 is 2.08 bits per heavy atom. The molecule has 1 fully saturated rings. The van der Waals surface area contributed by atoms with E-state index in [1.807, 2.05) is 29.5 Å². The van der Waals surface area contributed by atoms with Crippen molar-refractivity contribution in [1.29, 1.82) is 0 Å². The maximum atomic E-state index is 5.97. The summed E-state index contributed by atoms with van der Waals surface area (Å²) in [5, 5.41) is 7.80. The molecular weight excluding hydrogens is 342 g/mol. The van der Waals surface area contributed by atoms with Crippen molar-refractivity contribution >= 4 is 22.9 Å². The molecule has 0 aliphatic carbocycles. The Hall–Kier alpha value is -1.66. The molecule has 1 N–H and O–H groups in total. The van der Waals surface area contributed by atoms with Crippen LogP contribution in [0.4, 0.5) is 0 Å². The van der Waals surface area contributed by atoms with Gasteiger partial charge in [0.1, 0.15) is 0 Å². The highest BCUT2D eigenvalue weighted by molar-refractivity contribution is 7.15. The molecule has 24 heavy (non-hydrogen) atoms. The minimum atomic E-state index is 0.114. The molecule has 0 bridgehead atoms. The Labute approximate surface area is 150 Å². The van der Waals surface area contributed by atoms with Crippen molar-refractivity contribution in [1.82, 2.24) is 15.1 Å². The number of thiophene rings is 1. The minimum absolute atomic E-state index is 0.114. The first-order chi connectivity index (χ1) is 11.8. The van der Waals surface area contributed by atoms with Crippen molar-refractivity contribution in [2.75, 3.05) is 19.7 Å². The van der Waals surface area contributed by atoms with Gasteiger partial charge in [-0.3, -0.25) is 10.00 Å². The van der Waals surface area contributed by atoms with E-state index in [9.17, 15) is 0 Å². The quantitative estimate of drug-likeness (QED) is 0.752. The molecule has 4 rings (SSSR count). The molecule has 0 amide bonds. The summed E-state index contributed by atoms with van der Waals surface area (Å²) in [6.07, 6.45) is 1.90. The highest BCUT2D eigenvalue weighted by Crippen LogP contribution is 2.29. The van der Waals surface area contributed by atoms with Crippen LogP contribution in [0.2, 0.25) is 5.02 Å². The number of aromatic amines is 1. The van der Waals surface area contributed by atoms with Gasteiger partial charge in [0.05, 0.1) is 23.3 Å². The largest absolute Gasteiger partial charge is 0.371 e. The fourth-order valence-corrected chi connectivity index (χ4v) is 4.10. The van der Waals surface area contributed by atoms with E-state index >= 15 is 0 Å². The van der Waals surface area contributed by atoms with Crippen molar-refractivity contribution in [3.8, 4) is 10.6 Å². The summed E-state index contributed by atoms with van der Waals surface area (Å²) in [5.41, 5.74) is 2.26. The lowest BCUT2D eigenvalue weighted by atomic mass is 10.1. The molecule has 1 aromatic carbocycles. The van der Waals surface area contributed by atoms with Crippen molar-refractivity contribution in [2.45, 2.75) is 12.6 Å². The second-order valence-corrected chi connectivity index (χ2v) is 7.49. The van der Waals surface area contributed by atoms with Gasteiger partial charge in [-0.15, -0.1) is 11.3 Å². The van der Waals surface area contributed by atoms with E-state index in [4.69, 9.17) is 16.3 Å². The van der Waals surface area contributed by atoms with Crippen LogP contribution in [-0.4, -0.2) is 34.8 Å². The van der Waals surface area contributed by atoms with Crippen LogP contribution in [0.1, 0.15) is 16.5 Å². The van der Waals surface area contributed by atoms with Gasteiger partial charge in [0.15, 0.2) is 0 Å². The molecule has 3 heterocycles. The second-order valence-electron chi connectivity index (χ2n) is 5.88. The summed E-state index contributed by atoms with van der Waals surface area (Å²) in [5.74, 6) is 0. The van der Waals surface area contributed by atoms with E-state index < -0.39 is 0 Å². The minimum Gasteiger partial charge on any atom is -0.371 e. The van der Waals surface area contributed by atoms with E-state index in [0.29, 0.717) is 0 Å². The van der Waals surface area contributed by atoms with Crippen LogP contribution < -0.4 is 0 Å². The van der Waals surface area contributed by atoms with Crippen LogP contribution in [0, 0.1) is 0 Å². The predicted molar refractivity (Wildman–Crippen MR) is 97.3 cm³/mol. The van der Waals surface area contributed by atoms with Crippen LogP contribution in [0.15, 0.2) is 48.7 Å². The highest BCUT2D eigenvalue weighted by Gasteiger charge is 2.22. The van der Waals surface area contributed by atoms with E-state index in [1.165, 1.54) is 15.3 Å². The predicted octanol–water partition coefficient (Wildman–Crippen LogP) is 4.37. The van der Waals surface area contributed by atoms with Crippen molar-refractivity contribution in [2.24, 2.45) is 0 Å². The van der Waals surface area contributed by atoms with Crippen molar-refractivity contribution in [3.05, 3.63) is 64.1 Å². The molecule has 1 atom stereocenters. The molecule has 1 aliphatic rings. The standard InChI is InChI=1S/C18H18ClN3OS/c19-14-3-1-13(2-4-14)17-12-22(9-10-23-17)11-15-5-6-18(24-15)16-7-8-20-21-16/h1-8,17H,9-12H2,(H,20,21). The zero-order valence-electron chi connectivity index (χ0n) is 13.1. The van der Waals surface area contributed by atoms with Crippen LogP contribution in [0.3, 0.4) is 0 Å². The molecular formula is C18H18ClN3OS. The Morgan fingerprint density at radius 1 is 1.21 bits per heavy atom. The van der Waals surface area contributed by atoms with Crippen LogP contribution in [-0.2, 0) is 11.3 Å². The first-order valence-corrected chi connectivity index (χ1v) is 9.15. The van der Waals surface area contributed by atoms with E-state index in [2.05, 4.69) is 39.4 Å². The number of halogens is 1. The van der Waals surface area contributed by atoms with Crippen LogP contribution in [0.25, 0.3) is 10.6 Å². The number of morpholine rings is 1. The molecule has 0 saturated carbocycles. The molecule has 0 radical (unpaired) electrons. The zero-order chi connectivity index (χ0) is 16.4. The number of H-pyrrole nitrogens is 1. The number of benzene rings is 1. The van der Waals surface area contributed by atoms with E-state index in [0.717, 1.165) is 37.0 Å². The van der Waals surface area contributed by atoms with Crippen LogP contribution in [0.5, 0.6) is 0 Å². The van der Waals surface area contributed by atoms with Gasteiger partial charge in [-0.05, 0) is 35.9 Å². The maximum Gasteiger partial charge on any atom is 0.0952 e. The molecule has 124 valence electrons. The van der Waals surface area contributed by atoms with Crippen LogP contribution >= 0.6 is 22.9 Å². The zero-order valence-corrected chi connectivity index (χ0v) is 14.7. The third-order valence-corrected chi connectivity index (χ3v) is 5.55. The van der Waals surface area contributed by atoms with Gasteiger partial charge in [-0.2, -0.15) is 5.10 Å². The van der Waals surface area contributed by atoms with Crippen molar-refractivity contribution in [3.63, 3.8) is 0 Å². The number of aromatic nitrogens is 2.